The summed E-state index contributed by atoms with van der Waals surface area (Å²) in [6, 6.07) is 3.16. The largest absolute Gasteiger partial charge is 0.481 e. The van der Waals surface area contributed by atoms with Crippen LogP contribution in [-0.4, -0.2) is 47.2 Å². The number of hydrogen-bond acceptors (Lipinski definition) is 5. The van der Waals surface area contributed by atoms with Gasteiger partial charge in [-0.25, -0.2) is 4.98 Å². The van der Waals surface area contributed by atoms with Gasteiger partial charge in [-0.2, -0.15) is 4.98 Å². The number of likely N-dealkylation sites (tertiary alicyclic amines) is 1. The van der Waals surface area contributed by atoms with Crippen molar-refractivity contribution in [3.8, 4) is 5.88 Å². The molecule has 2 fully saturated rings. The minimum atomic E-state index is 0.470. The van der Waals surface area contributed by atoms with Crippen molar-refractivity contribution in [3.63, 3.8) is 0 Å². The summed E-state index contributed by atoms with van der Waals surface area (Å²) in [4.78, 5) is 11.3. The van der Waals surface area contributed by atoms with Crippen LogP contribution in [0, 0.1) is 6.92 Å². The molecule has 0 spiro atoms. The van der Waals surface area contributed by atoms with Crippen LogP contribution in [0.2, 0.25) is 0 Å². The van der Waals surface area contributed by atoms with E-state index in [2.05, 4.69) is 20.2 Å². The van der Waals surface area contributed by atoms with Gasteiger partial charge in [-0.1, -0.05) is 0 Å². The van der Waals surface area contributed by atoms with Gasteiger partial charge in [0.15, 0.2) is 0 Å². The highest BCUT2D eigenvalue weighted by Gasteiger charge is 2.34. The van der Waals surface area contributed by atoms with Gasteiger partial charge in [-0.05, 0) is 26.2 Å². The first kappa shape index (κ1) is 11.7. The zero-order valence-electron chi connectivity index (χ0n) is 11.0. The van der Waals surface area contributed by atoms with Crippen molar-refractivity contribution in [1.29, 1.82) is 0 Å². The van der Waals surface area contributed by atoms with E-state index in [-0.39, 0.29) is 0 Å². The molecule has 5 heteroatoms. The van der Waals surface area contributed by atoms with E-state index in [1.165, 1.54) is 25.8 Å². The van der Waals surface area contributed by atoms with E-state index in [1.807, 2.05) is 13.0 Å². The zero-order chi connectivity index (χ0) is 12.5. The van der Waals surface area contributed by atoms with E-state index in [4.69, 9.17) is 4.74 Å². The first-order chi connectivity index (χ1) is 8.74. The van der Waals surface area contributed by atoms with Crippen molar-refractivity contribution < 1.29 is 4.74 Å². The molecule has 0 radical (unpaired) electrons. The van der Waals surface area contributed by atoms with Gasteiger partial charge in [0.05, 0.1) is 7.11 Å². The molecule has 1 saturated carbocycles. The van der Waals surface area contributed by atoms with Crippen molar-refractivity contribution in [1.82, 2.24) is 14.9 Å². The Kier molecular flexibility index (Phi) is 3.07. The molecule has 0 amide bonds. The number of hydrogen-bond donors (Lipinski definition) is 1. The highest BCUT2D eigenvalue weighted by Crippen LogP contribution is 2.30. The second kappa shape index (κ2) is 4.72. The minimum Gasteiger partial charge on any atom is -0.481 e. The van der Waals surface area contributed by atoms with Gasteiger partial charge in [-0.15, -0.1) is 0 Å². The number of aryl methyl sites for hydroxylation is 1. The second-order valence-corrected chi connectivity index (χ2v) is 5.23. The van der Waals surface area contributed by atoms with Crippen molar-refractivity contribution >= 4 is 5.95 Å². The normalized spacial score (nSPS) is 24.2. The van der Waals surface area contributed by atoms with Crippen LogP contribution in [-0.2, 0) is 0 Å². The first-order valence-electron chi connectivity index (χ1n) is 6.65. The summed E-state index contributed by atoms with van der Waals surface area (Å²) in [6.07, 6.45) is 3.93. The third kappa shape index (κ3) is 2.56. The summed E-state index contributed by atoms with van der Waals surface area (Å²) in [7, 11) is 1.63. The van der Waals surface area contributed by atoms with Crippen molar-refractivity contribution in [2.24, 2.45) is 0 Å². The highest BCUT2D eigenvalue weighted by molar-refractivity contribution is 5.32. The molecule has 3 rings (SSSR count). The van der Waals surface area contributed by atoms with E-state index < -0.39 is 0 Å². The molecule has 2 aliphatic rings. The van der Waals surface area contributed by atoms with Gasteiger partial charge < -0.3 is 10.1 Å². The number of aromatic nitrogens is 2. The Bertz CT molecular complexity index is 433. The Morgan fingerprint density at radius 3 is 2.89 bits per heavy atom. The lowest BCUT2D eigenvalue weighted by Crippen LogP contribution is -2.28. The molecule has 0 bridgehead atoms. The van der Waals surface area contributed by atoms with E-state index in [1.54, 1.807) is 7.11 Å². The number of ether oxygens (including phenoxy) is 1. The SMILES string of the molecule is COc1cc(C)nc(NC2CCN(C3CC3)C2)n1. The van der Waals surface area contributed by atoms with Gasteiger partial charge in [0.25, 0.3) is 0 Å². The Labute approximate surface area is 108 Å². The summed E-state index contributed by atoms with van der Waals surface area (Å²) in [5.41, 5.74) is 0.932. The molecular weight excluding hydrogens is 228 g/mol. The number of nitrogens with one attached hydrogen (secondary N) is 1. The quantitative estimate of drug-likeness (QED) is 0.874. The predicted octanol–water partition coefficient (Wildman–Crippen LogP) is 1.44. The highest BCUT2D eigenvalue weighted by atomic mass is 16.5. The summed E-state index contributed by atoms with van der Waals surface area (Å²) in [5, 5.41) is 3.43. The average Bonchev–Trinajstić information content (AvgIpc) is 3.10. The molecule has 1 N–H and O–H groups in total. The maximum Gasteiger partial charge on any atom is 0.226 e. The van der Waals surface area contributed by atoms with Gasteiger partial charge in [0.1, 0.15) is 0 Å². The summed E-state index contributed by atoms with van der Waals surface area (Å²) < 4.78 is 5.17. The topological polar surface area (TPSA) is 50.3 Å². The third-order valence-corrected chi connectivity index (χ3v) is 3.66. The van der Waals surface area contributed by atoms with Crippen molar-refractivity contribution in [2.75, 3.05) is 25.5 Å². The van der Waals surface area contributed by atoms with Crippen LogP contribution in [0.3, 0.4) is 0 Å². The van der Waals surface area contributed by atoms with Gasteiger partial charge in [0, 0.05) is 36.9 Å². The van der Waals surface area contributed by atoms with Crippen LogP contribution in [0.15, 0.2) is 6.07 Å². The lowest BCUT2D eigenvalue weighted by molar-refractivity contribution is 0.326. The van der Waals surface area contributed by atoms with Crippen LogP contribution in [0.4, 0.5) is 5.95 Å². The van der Waals surface area contributed by atoms with E-state index in [9.17, 15) is 0 Å². The summed E-state index contributed by atoms with van der Waals surface area (Å²) in [5.74, 6) is 1.32. The van der Waals surface area contributed by atoms with E-state index >= 15 is 0 Å². The lowest BCUT2D eigenvalue weighted by Gasteiger charge is -2.16. The predicted molar refractivity (Wildman–Crippen MR) is 69.9 cm³/mol. The Morgan fingerprint density at radius 1 is 1.33 bits per heavy atom. The van der Waals surface area contributed by atoms with Gasteiger partial charge >= 0.3 is 0 Å². The van der Waals surface area contributed by atoms with Crippen LogP contribution >= 0.6 is 0 Å². The average molecular weight is 248 g/mol. The molecule has 1 aromatic rings. The fourth-order valence-electron chi connectivity index (χ4n) is 2.57. The molecule has 1 saturated heterocycles. The standard InChI is InChI=1S/C13H20N4O/c1-9-7-12(18-2)16-13(14-9)15-10-5-6-17(8-10)11-3-4-11/h7,10-11H,3-6,8H2,1-2H3,(H,14,15,16). The fourth-order valence-corrected chi connectivity index (χ4v) is 2.57. The molecular formula is C13H20N4O. The second-order valence-electron chi connectivity index (χ2n) is 5.23. The molecule has 18 heavy (non-hydrogen) atoms. The van der Waals surface area contributed by atoms with Gasteiger partial charge in [0.2, 0.25) is 11.8 Å². The summed E-state index contributed by atoms with van der Waals surface area (Å²) in [6.45, 7) is 4.27. The molecule has 98 valence electrons. The van der Waals surface area contributed by atoms with Crippen molar-refractivity contribution in [3.05, 3.63) is 11.8 Å². The van der Waals surface area contributed by atoms with Crippen LogP contribution in [0.25, 0.3) is 0 Å². The smallest absolute Gasteiger partial charge is 0.226 e. The lowest BCUT2D eigenvalue weighted by atomic mass is 10.3. The Hall–Kier alpha value is -1.36. The third-order valence-electron chi connectivity index (χ3n) is 3.66. The molecule has 1 aliphatic carbocycles. The molecule has 2 heterocycles. The number of anilines is 1. The molecule has 5 nitrogen and oxygen atoms in total. The van der Waals surface area contributed by atoms with Gasteiger partial charge in [-0.3, -0.25) is 4.90 Å². The minimum absolute atomic E-state index is 0.470. The molecule has 1 aromatic heterocycles. The Morgan fingerprint density at radius 2 is 2.17 bits per heavy atom. The maximum absolute atomic E-state index is 5.17. The molecule has 1 aliphatic heterocycles. The first-order valence-corrected chi connectivity index (χ1v) is 6.65. The maximum atomic E-state index is 5.17. The molecule has 1 unspecified atom stereocenters. The van der Waals surface area contributed by atoms with Crippen molar-refractivity contribution in [2.45, 2.75) is 38.3 Å². The monoisotopic (exact) mass is 248 g/mol. The number of methoxy groups -OCH3 is 1. The fraction of sp³-hybridized carbons (Fsp3) is 0.692. The molecule has 0 aromatic carbocycles. The molecule has 1 atom stereocenters. The zero-order valence-corrected chi connectivity index (χ0v) is 11.0. The summed E-state index contributed by atoms with van der Waals surface area (Å²) >= 11 is 0. The number of nitrogens with zero attached hydrogens (tertiary/aromatic N) is 3. The Balaban J connectivity index is 1.63. The van der Waals surface area contributed by atoms with Crippen LogP contribution in [0.1, 0.15) is 25.0 Å². The van der Waals surface area contributed by atoms with E-state index in [0.29, 0.717) is 17.9 Å². The van der Waals surface area contributed by atoms with E-state index in [0.717, 1.165) is 18.3 Å². The number of rotatable bonds is 4. The van der Waals surface area contributed by atoms with Crippen LogP contribution in [0.5, 0.6) is 5.88 Å². The van der Waals surface area contributed by atoms with Crippen LogP contribution < -0.4 is 10.1 Å².